The van der Waals surface area contributed by atoms with E-state index in [4.69, 9.17) is 4.74 Å². The topological polar surface area (TPSA) is 116 Å². The maximum atomic E-state index is 12.1. The molecule has 2 amide bonds. The molecule has 0 atom stereocenters. The molecular weight excluding hydrogens is 350 g/mol. The molecule has 140 valence electrons. The van der Waals surface area contributed by atoms with Gasteiger partial charge in [0.25, 0.3) is 0 Å². The van der Waals surface area contributed by atoms with E-state index in [1.807, 2.05) is 6.07 Å². The van der Waals surface area contributed by atoms with Crippen molar-refractivity contribution >= 4 is 23.3 Å². The van der Waals surface area contributed by atoms with Crippen molar-refractivity contribution in [1.82, 2.24) is 24.8 Å². The molecule has 0 saturated heterocycles. The molecule has 2 heterocycles. The third-order valence-corrected chi connectivity index (χ3v) is 3.65. The average molecular weight is 369 g/mol. The second-order valence-electron chi connectivity index (χ2n) is 5.79. The lowest BCUT2D eigenvalue weighted by Crippen LogP contribution is -2.19. The van der Waals surface area contributed by atoms with Gasteiger partial charge in [0.15, 0.2) is 5.82 Å². The van der Waals surface area contributed by atoms with E-state index >= 15 is 0 Å². The van der Waals surface area contributed by atoms with Crippen LogP contribution >= 0.6 is 0 Å². The Bertz CT molecular complexity index is 977. The van der Waals surface area contributed by atoms with E-state index in [1.165, 1.54) is 29.7 Å². The van der Waals surface area contributed by atoms with Gasteiger partial charge >= 0.3 is 0 Å². The van der Waals surface area contributed by atoms with Crippen LogP contribution in [0.15, 0.2) is 36.8 Å². The standard InChI is InChI=1S/C17H19N7O3/c1-11(25)20-14-5-4-12(6-15(14)27-3)13-7-19-24(9-13)10-17(26)21-16-8-18-23(2)22-16/h4-9H,10H2,1-3H3,(H,20,25)(H,21,22,26). The number of nitrogens with one attached hydrogen (secondary N) is 2. The van der Waals surface area contributed by atoms with Gasteiger partial charge in [-0.15, -0.1) is 5.10 Å². The number of aryl methyl sites for hydroxylation is 1. The minimum atomic E-state index is -0.260. The van der Waals surface area contributed by atoms with Crippen molar-refractivity contribution < 1.29 is 14.3 Å². The Balaban J connectivity index is 1.71. The fourth-order valence-corrected chi connectivity index (χ4v) is 2.50. The summed E-state index contributed by atoms with van der Waals surface area (Å²) < 4.78 is 6.85. The first-order valence-electron chi connectivity index (χ1n) is 8.09. The lowest BCUT2D eigenvalue weighted by Gasteiger charge is -2.10. The number of hydrogen-bond acceptors (Lipinski definition) is 6. The van der Waals surface area contributed by atoms with Gasteiger partial charge in [-0.3, -0.25) is 14.3 Å². The summed E-state index contributed by atoms with van der Waals surface area (Å²) in [5.41, 5.74) is 2.25. The van der Waals surface area contributed by atoms with Gasteiger partial charge < -0.3 is 15.4 Å². The highest BCUT2D eigenvalue weighted by Gasteiger charge is 2.11. The van der Waals surface area contributed by atoms with Gasteiger partial charge in [-0.05, 0) is 17.7 Å². The van der Waals surface area contributed by atoms with Crippen molar-refractivity contribution in [3.05, 3.63) is 36.8 Å². The van der Waals surface area contributed by atoms with Crippen LogP contribution in [0.3, 0.4) is 0 Å². The van der Waals surface area contributed by atoms with Crippen LogP contribution in [0.4, 0.5) is 11.5 Å². The van der Waals surface area contributed by atoms with Crippen molar-refractivity contribution in [1.29, 1.82) is 0 Å². The third-order valence-electron chi connectivity index (χ3n) is 3.65. The number of amides is 2. The molecule has 10 heteroatoms. The highest BCUT2D eigenvalue weighted by atomic mass is 16.5. The fourth-order valence-electron chi connectivity index (χ4n) is 2.50. The number of rotatable bonds is 6. The minimum absolute atomic E-state index is 0.0394. The summed E-state index contributed by atoms with van der Waals surface area (Å²) in [5.74, 6) is 0.482. The number of aromatic nitrogens is 5. The van der Waals surface area contributed by atoms with Crippen LogP contribution in [0, 0.1) is 0 Å². The molecule has 0 aliphatic heterocycles. The molecule has 3 aromatic rings. The Morgan fingerprint density at radius 2 is 1.96 bits per heavy atom. The zero-order valence-corrected chi connectivity index (χ0v) is 15.1. The Labute approximate surface area is 155 Å². The lowest BCUT2D eigenvalue weighted by molar-refractivity contribution is -0.117. The highest BCUT2D eigenvalue weighted by molar-refractivity contribution is 5.91. The zero-order chi connectivity index (χ0) is 19.4. The third kappa shape index (κ3) is 4.48. The van der Waals surface area contributed by atoms with Crippen molar-refractivity contribution in [2.24, 2.45) is 7.05 Å². The summed E-state index contributed by atoms with van der Waals surface area (Å²) in [7, 11) is 3.20. The second-order valence-corrected chi connectivity index (χ2v) is 5.79. The molecule has 0 spiro atoms. The maximum Gasteiger partial charge on any atom is 0.247 e. The average Bonchev–Trinajstić information content (AvgIpc) is 3.24. The summed E-state index contributed by atoms with van der Waals surface area (Å²) in [6.45, 7) is 1.47. The van der Waals surface area contributed by atoms with Gasteiger partial charge in [-0.25, -0.2) is 0 Å². The first-order valence-corrected chi connectivity index (χ1v) is 8.09. The van der Waals surface area contributed by atoms with E-state index in [2.05, 4.69) is 25.9 Å². The molecule has 0 fully saturated rings. The number of methoxy groups -OCH3 is 1. The zero-order valence-electron chi connectivity index (χ0n) is 15.1. The van der Waals surface area contributed by atoms with Crippen LogP contribution in [0.2, 0.25) is 0 Å². The van der Waals surface area contributed by atoms with Gasteiger partial charge in [0, 0.05) is 25.7 Å². The Kier molecular flexibility index (Phi) is 5.15. The molecular formula is C17H19N7O3. The molecule has 2 aromatic heterocycles. The molecule has 3 rings (SSSR count). The van der Waals surface area contributed by atoms with E-state index in [-0.39, 0.29) is 18.4 Å². The van der Waals surface area contributed by atoms with Crippen LogP contribution < -0.4 is 15.4 Å². The van der Waals surface area contributed by atoms with Crippen LogP contribution in [-0.4, -0.2) is 43.7 Å². The minimum Gasteiger partial charge on any atom is -0.495 e. The van der Waals surface area contributed by atoms with Crippen LogP contribution in [-0.2, 0) is 23.2 Å². The number of ether oxygens (including phenoxy) is 1. The van der Waals surface area contributed by atoms with Crippen LogP contribution in [0.25, 0.3) is 11.1 Å². The van der Waals surface area contributed by atoms with E-state index in [9.17, 15) is 9.59 Å². The normalized spacial score (nSPS) is 10.5. The number of carbonyl (C=O) groups is 2. The summed E-state index contributed by atoms with van der Waals surface area (Å²) >= 11 is 0. The quantitative estimate of drug-likeness (QED) is 0.676. The van der Waals surface area contributed by atoms with E-state index < -0.39 is 0 Å². The predicted octanol–water partition coefficient (Wildman–Crippen LogP) is 1.28. The van der Waals surface area contributed by atoms with Crippen LogP contribution in [0.1, 0.15) is 6.92 Å². The largest absolute Gasteiger partial charge is 0.495 e. The Morgan fingerprint density at radius 1 is 1.15 bits per heavy atom. The van der Waals surface area contributed by atoms with E-state index in [0.29, 0.717) is 17.3 Å². The number of benzene rings is 1. The summed E-state index contributed by atoms with van der Waals surface area (Å²) in [6, 6.07) is 5.40. The Morgan fingerprint density at radius 3 is 2.63 bits per heavy atom. The smallest absolute Gasteiger partial charge is 0.247 e. The van der Waals surface area contributed by atoms with E-state index in [0.717, 1.165) is 11.1 Å². The molecule has 0 bridgehead atoms. The molecule has 0 aliphatic carbocycles. The second kappa shape index (κ2) is 7.68. The maximum absolute atomic E-state index is 12.1. The monoisotopic (exact) mass is 369 g/mol. The van der Waals surface area contributed by atoms with Crippen molar-refractivity contribution in [2.45, 2.75) is 13.5 Å². The van der Waals surface area contributed by atoms with Gasteiger partial charge in [0.2, 0.25) is 11.8 Å². The number of carbonyl (C=O) groups excluding carboxylic acids is 2. The first-order chi connectivity index (χ1) is 12.9. The molecule has 0 unspecified atom stereocenters. The van der Waals surface area contributed by atoms with Crippen molar-refractivity contribution in [3.8, 4) is 16.9 Å². The van der Waals surface area contributed by atoms with Gasteiger partial charge in [-0.1, -0.05) is 6.07 Å². The SMILES string of the molecule is COc1cc(-c2cnn(CC(=O)Nc3cnn(C)n3)c2)ccc1NC(C)=O. The molecule has 0 saturated carbocycles. The summed E-state index contributed by atoms with van der Waals surface area (Å²) in [6.07, 6.45) is 4.88. The van der Waals surface area contributed by atoms with Crippen LogP contribution in [0.5, 0.6) is 5.75 Å². The number of nitrogens with zero attached hydrogens (tertiary/aromatic N) is 5. The van der Waals surface area contributed by atoms with Crippen molar-refractivity contribution in [2.75, 3.05) is 17.7 Å². The van der Waals surface area contributed by atoms with E-state index in [1.54, 1.807) is 31.6 Å². The van der Waals surface area contributed by atoms with Gasteiger partial charge in [-0.2, -0.15) is 15.0 Å². The number of hydrogen-bond donors (Lipinski definition) is 2. The van der Waals surface area contributed by atoms with Crippen molar-refractivity contribution in [3.63, 3.8) is 0 Å². The molecule has 0 radical (unpaired) electrons. The van der Waals surface area contributed by atoms with Gasteiger partial charge in [0.1, 0.15) is 12.3 Å². The van der Waals surface area contributed by atoms with Gasteiger partial charge in [0.05, 0.1) is 25.2 Å². The molecule has 1 aromatic carbocycles. The lowest BCUT2D eigenvalue weighted by atomic mass is 10.1. The predicted molar refractivity (Wildman–Crippen MR) is 98.2 cm³/mol. The molecule has 10 nitrogen and oxygen atoms in total. The fraction of sp³-hybridized carbons (Fsp3) is 0.235. The first kappa shape index (κ1) is 18.1. The summed E-state index contributed by atoms with van der Waals surface area (Å²) in [4.78, 5) is 24.7. The number of anilines is 2. The molecule has 2 N–H and O–H groups in total. The molecule has 0 aliphatic rings. The molecule has 27 heavy (non-hydrogen) atoms. The highest BCUT2D eigenvalue weighted by Crippen LogP contribution is 2.30. The Hall–Kier alpha value is -3.69. The summed E-state index contributed by atoms with van der Waals surface area (Å²) in [5, 5.41) is 17.5.